The molecule has 10 heteroatoms. The third-order valence-corrected chi connectivity index (χ3v) is 4.52. The topological polar surface area (TPSA) is 112 Å². The molecule has 166 valence electrons. The molecule has 0 saturated heterocycles. The van der Waals surface area contributed by atoms with Gasteiger partial charge in [-0.05, 0) is 36.4 Å². The normalized spacial score (nSPS) is 10.6. The van der Waals surface area contributed by atoms with Gasteiger partial charge in [0, 0.05) is 30.9 Å². The van der Waals surface area contributed by atoms with Crippen LogP contribution in [0.15, 0.2) is 67.0 Å². The molecule has 33 heavy (non-hydrogen) atoms. The third-order valence-electron chi connectivity index (χ3n) is 4.52. The lowest BCUT2D eigenvalue weighted by molar-refractivity contribution is -0.114. The molecule has 0 radical (unpaired) electrons. The van der Waals surface area contributed by atoms with Gasteiger partial charge in [0.25, 0.3) is 5.91 Å². The highest BCUT2D eigenvalue weighted by Gasteiger charge is 2.18. The summed E-state index contributed by atoms with van der Waals surface area (Å²) in [5, 5.41) is 2.51. The summed E-state index contributed by atoms with van der Waals surface area (Å²) in [6.45, 7) is 1.34. The number of nitrogens with zero attached hydrogens (tertiary/aromatic N) is 3. The van der Waals surface area contributed by atoms with Gasteiger partial charge in [0.15, 0.2) is 11.6 Å². The molecule has 2 aromatic heterocycles. The van der Waals surface area contributed by atoms with Crippen molar-refractivity contribution < 1.29 is 23.1 Å². The molecule has 0 atom stereocenters. The molecule has 8 nitrogen and oxygen atoms in total. The fourth-order valence-corrected chi connectivity index (χ4v) is 3.11. The van der Waals surface area contributed by atoms with E-state index in [4.69, 9.17) is 10.5 Å². The second-order valence-corrected chi connectivity index (χ2v) is 6.94. The van der Waals surface area contributed by atoms with Crippen molar-refractivity contribution in [3.63, 3.8) is 0 Å². The summed E-state index contributed by atoms with van der Waals surface area (Å²) >= 11 is 0. The maximum atomic E-state index is 14.9. The number of hydrogen-bond acceptors (Lipinski definition) is 5. The molecule has 0 spiro atoms. The van der Waals surface area contributed by atoms with Gasteiger partial charge in [-0.1, -0.05) is 12.1 Å². The lowest BCUT2D eigenvalue weighted by Gasteiger charge is -2.11. The van der Waals surface area contributed by atoms with Gasteiger partial charge >= 0.3 is 0 Å². The molecule has 4 rings (SSSR count). The Balaban J connectivity index is 1.70. The van der Waals surface area contributed by atoms with Gasteiger partial charge in [-0.25, -0.2) is 18.7 Å². The van der Waals surface area contributed by atoms with Crippen LogP contribution in [-0.2, 0) is 4.79 Å². The molecular formula is C23H17F2N5O3. The molecule has 2 aromatic carbocycles. The molecule has 0 aliphatic rings. The molecule has 0 bridgehead atoms. The first kappa shape index (κ1) is 21.6. The van der Waals surface area contributed by atoms with E-state index in [9.17, 15) is 18.4 Å². The largest absolute Gasteiger partial charge is 0.454 e. The number of rotatable bonds is 6. The predicted molar refractivity (Wildman–Crippen MR) is 116 cm³/mol. The molecule has 0 fully saturated rings. The molecule has 4 aromatic rings. The third kappa shape index (κ3) is 4.69. The van der Waals surface area contributed by atoms with E-state index in [1.165, 1.54) is 66.3 Å². The zero-order chi connectivity index (χ0) is 23.5. The number of anilines is 1. The van der Waals surface area contributed by atoms with Gasteiger partial charge in [0.1, 0.15) is 28.9 Å². The number of carbonyl (C=O) groups is 2. The number of nitrogens with two attached hydrogens (primary N) is 1. The molecule has 0 aliphatic heterocycles. The zero-order valence-corrected chi connectivity index (χ0v) is 17.3. The number of aromatic nitrogens is 3. The summed E-state index contributed by atoms with van der Waals surface area (Å²) in [7, 11) is 0. The SMILES string of the molecule is CC(=O)Nc1cc(Oc2ccc(-c3nc(C(N)=O)cn3-c3ccccc3F)cc2F)ccn1. The highest BCUT2D eigenvalue weighted by Crippen LogP contribution is 2.31. The standard InChI is InChI=1S/C23H17F2N5O3/c1-13(31)28-21-11-15(8-9-27-21)33-20-7-6-14(10-17(20)25)23-29-18(22(26)32)12-30(23)19-5-3-2-4-16(19)24/h2-12H,1H3,(H2,26,32)(H,27,28,31). The zero-order valence-electron chi connectivity index (χ0n) is 17.3. The van der Waals surface area contributed by atoms with Gasteiger partial charge in [-0.15, -0.1) is 0 Å². The first-order valence-electron chi connectivity index (χ1n) is 9.67. The van der Waals surface area contributed by atoms with Crippen LogP contribution >= 0.6 is 0 Å². The second kappa shape index (κ2) is 8.87. The van der Waals surface area contributed by atoms with Crippen LogP contribution in [0.3, 0.4) is 0 Å². The number of amides is 2. The van der Waals surface area contributed by atoms with Crippen molar-refractivity contribution in [2.24, 2.45) is 5.73 Å². The van der Waals surface area contributed by atoms with Crippen molar-refractivity contribution >= 4 is 17.6 Å². The van der Waals surface area contributed by atoms with Crippen LogP contribution in [0.1, 0.15) is 17.4 Å². The Kier molecular flexibility index (Phi) is 5.81. The van der Waals surface area contributed by atoms with E-state index in [-0.39, 0.29) is 46.0 Å². The van der Waals surface area contributed by atoms with Crippen LogP contribution in [0, 0.1) is 11.6 Å². The number of ether oxygens (including phenoxy) is 1. The van der Waals surface area contributed by atoms with E-state index in [0.29, 0.717) is 0 Å². The number of pyridine rings is 1. The summed E-state index contributed by atoms with van der Waals surface area (Å²) < 4.78 is 36.2. The van der Waals surface area contributed by atoms with E-state index in [0.717, 1.165) is 6.07 Å². The molecule has 2 heterocycles. The number of halogens is 2. The predicted octanol–water partition coefficient (Wildman–Crippen LogP) is 4.06. The van der Waals surface area contributed by atoms with Crippen molar-refractivity contribution in [1.82, 2.24) is 14.5 Å². The molecule has 2 amide bonds. The quantitative estimate of drug-likeness (QED) is 0.461. The minimum Gasteiger partial charge on any atom is -0.454 e. The molecule has 3 N–H and O–H groups in total. The summed E-state index contributed by atoms with van der Waals surface area (Å²) in [6.07, 6.45) is 2.70. The summed E-state index contributed by atoms with van der Waals surface area (Å²) in [6, 6.07) is 12.9. The van der Waals surface area contributed by atoms with Crippen LogP contribution < -0.4 is 15.8 Å². The number of carbonyl (C=O) groups excluding carboxylic acids is 2. The Morgan fingerprint density at radius 2 is 1.85 bits per heavy atom. The average molecular weight is 449 g/mol. The number of hydrogen-bond donors (Lipinski definition) is 2. The number of benzene rings is 2. The minimum absolute atomic E-state index is 0.0992. The van der Waals surface area contributed by atoms with Crippen LogP contribution in [-0.4, -0.2) is 26.3 Å². The van der Waals surface area contributed by atoms with Crippen LogP contribution in [0.5, 0.6) is 11.5 Å². The van der Waals surface area contributed by atoms with Crippen molar-refractivity contribution in [3.05, 3.63) is 84.3 Å². The van der Waals surface area contributed by atoms with Gasteiger partial charge in [0.2, 0.25) is 5.91 Å². The second-order valence-electron chi connectivity index (χ2n) is 6.94. The Morgan fingerprint density at radius 3 is 2.55 bits per heavy atom. The van der Waals surface area contributed by atoms with E-state index >= 15 is 0 Å². The van der Waals surface area contributed by atoms with Gasteiger partial charge < -0.3 is 15.8 Å². The Morgan fingerprint density at radius 1 is 1.06 bits per heavy atom. The van der Waals surface area contributed by atoms with Gasteiger partial charge in [-0.2, -0.15) is 0 Å². The Hall–Kier alpha value is -4.60. The van der Waals surface area contributed by atoms with E-state index < -0.39 is 17.5 Å². The molecule has 0 aliphatic carbocycles. The lowest BCUT2D eigenvalue weighted by atomic mass is 10.2. The van der Waals surface area contributed by atoms with Crippen molar-refractivity contribution in [2.45, 2.75) is 6.92 Å². The lowest BCUT2D eigenvalue weighted by Crippen LogP contribution is -2.11. The van der Waals surface area contributed by atoms with Crippen LogP contribution in [0.25, 0.3) is 17.1 Å². The van der Waals surface area contributed by atoms with Crippen molar-refractivity contribution in [3.8, 4) is 28.6 Å². The Bertz CT molecular complexity index is 1370. The van der Waals surface area contributed by atoms with E-state index in [1.54, 1.807) is 6.07 Å². The number of primary amides is 1. The highest BCUT2D eigenvalue weighted by molar-refractivity contribution is 5.91. The fraction of sp³-hybridized carbons (Fsp3) is 0.0435. The maximum absolute atomic E-state index is 14.9. The smallest absolute Gasteiger partial charge is 0.268 e. The van der Waals surface area contributed by atoms with Gasteiger partial charge in [0.05, 0.1) is 5.69 Å². The number of imidazole rings is 1. The highest BCUT2D eigenvalue weighted by atomic mass is 19.1. The summed E-state index contributed by atoms with van der Waals surface area (Å²) in [4.78, 5) is 31.0. The molecule has 0 unspecified atom stereocenters. The van der Waals surface area contributed by atoms with Gasteiger partial charge in [-0.3, -0.25) is 14.2 Å². The monoisotopic (exact) mass is 449 g/mol. The number of nitrogens with one attached hydrogen (secondary N) is 1. The maximum Gasteiger partial charge on any atom is 0.268 e. The first-order chi connectivity index (χ1) is 15.8. The fourth-order valence-electron chi connectivity index (χ4n) is 3.11. The summed E-state index contributed by atoms with van der Waals surface area (Å²) in [5.74, 6) is -1.87. The molecular weight excluding hydrogens is 432 g/mol. The van der Waals surface area contributed by atoms with Crippen LogP contribution in [0.2, 0.25) is 0 Å². The van der Waals surface area contributed by atoms with Crippen molar-refractivity contribution in [1.29, 1.82) is 0 Å². The van der Waals surface area contributed by atoms with Crippen LogP contribution in [0.4, 0.5) is 14.6 Å². The van der Waals surface area contributed by atoms with E-state index in [1.807, 2.05) is 0 Å². The molecule has 0 saturated carbocycles. The van der Waals surface area contributed by atoms with E-state index in [2.05, 4.69) is 15.3 Å². The minimum atomic E-state index is -0.806. The number of para-hydroxylation sites is 1. The first-order valence-corrected chi connectivity index (χ1v) is 9.67. The Labute approximate surface area is 186 Å². The van der Waals surface area contributed by atoms with Crippen molar-refractivity contribution in [2.75, 3.05) is 5.32 Å². The average Bonchev–Trinajstić information content (AvgIpc) is 3.21. The summed E-state index contributed by atoms with van der Waals surface area (Å²) in [5.41, 5.74) is 5.63.